The maximum atomic E-state index is 12.4. The van der Waals surface area contributed by atoms with Gasteiger partial charge < -0.3 is 24.0 Å². The van der Waals surface area contributed by atoms with Gasteiger partial charge in [0.25, 0.3) is 0 Å². The second-order valence-corrected chi connectivity index (χ2v) is 6.07. The van der Waals surface area contributed by atoms with Gasteiger partial charge in [0.15, 0.2) is 5.82 Å². The molecule has 10 nitrogen and oxygen atoms in total. The summed E-state index contributed by atoms with van der Waals surface area (Å²) in [6.07, 6.45) is 1.58. The molecule has 1 atom stereocenters. The van der Waals surface area contributed by atoms with Crippen LogP contribution >= 0.6 is 0 Å². The molecule has 0 aliphatic carbocycles. The topological polar surface area (TPSA) is 111 Å². The van der Waals surface area contributed by atoms with Crippen LogP contribution in [-0.4, -0.2) is 50.0 Å². The quantitative estimate of drug-likeness (QED) is 0.703. The number of benzene rings is 1. The summed E-state index contributed by atoms with van der Waals surface area (Å²) >= 11 is 0. The molecular formula is C17H21N7O3. The van der Waals surface area contributed by atoms with Crippen molar-refractivity contribution in [1.82, 2.24) is 35.1 Å². The Bertz CT molecular complexity index is 903. The molecule has 1 N–H and O–H groups in total. The number of aryl methyl sites for hydroxylation is 1. The molecule has 0 aliphatic rings. The van der Waals surface area contributed by atoms with Crippen molar-refractivity contribution in [3.8, 4) is 17.1 Å². The van der Waals surface area contributed by atoms with Crippen molar-refractivity contribution in [2.24, 2.45) is 7.05 Å². The zero-order valence-electron chi connectivity index (χ0n) is 15.6. The first kappa shape index (κ1) is 18.4. The van der Waals surface area contributed by atoms with Crippen molar-refractivity contribution in [2.45, 2.75) is 19.5 Å². The lowest BCUT2D eigenvalue weighted by Crippen LogP contribution is -2.38. The van der Waals surface area contributed by atoms with E-state index >= 15 is 0 Å². The number of amides is 2. The van der Waals surface area contributed by atoms with Crippen molar-refractivity contribution in [3.63, 3.8) is 0 Å². The van der Waals surface area contributed by atoms with Gasteiger partial charge in [-0.3, -0.25) is 0 Å². The van der Waals surface area contributed by atoms with Crippen LogP contribution in [0.3, 0.4) is 0 Å². The number of carbonyl (C=O) groups excluding carboxylic acids is 1. The fourth-order valence-electron chi connectivity index (χ4n) is 2.50. The van der Waals surface area contributed by atoms with Gasteiger partial charge in [0.05, 0.1) is 13.2 Å². The maximum Gasteiger partial charge on any atom is 0.318 e. The SMILES string of the molecule is COc1ccc(-c2noc(CN(C)C(=O)N[C@H](C)c3nncn3C)n2)cc1. The molecule has 0 aliphatic heterocycles. The minimum atomic E-state index is -0.287. The van der Waals surface area contributed by atoms with E-state index in [1.807, 2.05) is 38.2 Å². The van der Waals surface area contributed by atoms with Crippen LogP contribution in [0, 0.1) is 0 Å². The van der Waals surface area contributed by atoms with Crippen LogP contribution in [0.5, 0.6) is 5.75 Å². The lowest BCUT2D eigenvalue weighted by molar-refractivity contribution is 0.195. The zero-order valence-corrected chi connectivity index (χ0v) is 15.6. The molecule has 0 saturated carbocycles. The Labute approximate surface area is 156 Å². The molecule has 0 fully saturated rings. The summed E-state index contributed by atoms with van der Waals surface area (Å²) in [6.45, 7) is 2.02. The van der Waals surface area contributed by atoms with Crippen LogP contribution in [0.15, 0.2) is 35.1 Å². The summed E-state index contributed by atoms with van der Waals surface area (Å²) in [6, 6.07) is 6.75. The Balaban J connectivity index is 1.60. The van der Waals surface area contributed by atoms with E-state index in [0.717, 1.165) is 11.3 Å². The van der Waals surface area contributed by atoms with Crippen molar-refractivity contribution in [1.29, 1.82) is 0 Å². The number of aromatic nitrogens is 5. The summed E-state index contributed by atoms with van der Waals surface area (Å²) in [4.78, 5) is 18.2. The summed E-state index contributed by atoms with van der Waals surface area (Å²) < 4.78 is 12.1. The fraction of sp³-hybridized carbons (Fsp3) is 0.353. The molecule has 3 rings (SSSR count). The number of urea groups is 1. The highest BCUT2D eigenvalue weighted by Crippen LogP contribution is 2.20. The van der Waals surface area contributed by atoms with E-state index < -0.39 is 0 Å². The first-order chi connectivity index (χ1) is 13.0. The first-order valence-electron chi connectivity index (χ1n) is 8.30. The minimum absolute atomic E-state index is 0.181. The molecule has 0 radical (unpaired) electrons. The minimum Gasteiger partial charge on any atom is -0.497 e. The van der Waals surface area contributed by atoms with Gasteiger partial charge in [0, 0.05) is 19.7 Å². The summed E-state index contributed by atoms with van der Waals surface area (Å²) in [5.41, 5.74) is 0.800. The van der Waals surface area contributed by atoms with E-state index in [-0.39, 0.29) is 18.6 Å². The standard InChI is InChI=1S/C17H21N7O3/c1-11(16-21-18-10-24(16)3)19-17(25)23(2)9-14-20-15(22-27-14)12-5-7-13(26-4)8-6-12/h5-8,10-11H,9H2,1-4H3,(H,19,25)/t11-/m1/s1. The molecule has 3 aromatic rings. The van der Waals surface area contributed by atoms with Gasteiger partial charge in [0.2, 0.25) is 11.7 Å². The molecule has 10 heteroatoms. The van der Waals surface area contributed by atoms with Gasteiger partial charge in [-0.1, -0.05) is 5.16 Å². The van der Waals surface area contributed by atoms with Crippen LogP contribution in [0.25, 0.3) is 11.4 Å². The average Bonchev–Trinajstić information content (AvgIpc) is 3.30. The van der Waals surface area contributed by atoms with Crippen LogP contribution in [0.1, 0.15) is 24.7 Å². The summed E-state index contributed by atoms with van der Waals surface area (Å²) in [5, 5.41) is 14.6. The van der Waals surface area contributed by atoms with Crippen LogP contribution < -0.4 is 10.1 Å². The Morgan fingerprint density at radius 2 is 2.11 bits per heavy atom. The Morgan fingerprint density at radius 3 is 2.74 bits per heavy atom. The number of rotatable bonds is 6. The average molecular weight is 371 g/mol. The van der Waals surface area contributed by atoms with Gasteiger partial charge >= 0.3 is 6.03 Å². The Kier molecular flexibility index (Phi) is 5.34. The number of hydrogen-bond acceptors (Lipinski definition) is 7. The lowest BCUT2D eigenvalue weighted by Gasteiger charge is -2.19. The van der Waals surface area contributed by atoms with Crippen molar-refractivity contribution >= 4 is 6.03 Å². The number of methoxy groups -OCH3 is 1. The van der Waals surface area contributed by atoms with Crippen molar-refractivity contribution in [3.05, 3.63) is 42.3 Å². The molecule has 2 heterocycles. The predicted octanol–water partition coefficient (Wildman–Crippen LogP) is 1.78. The van der Waals surface area contributed by atoms with Crippen LogP contribution in [0.2, 0.25) is 0 Å². The molecule has 0 unspecified atom stereocenters. The van der Waals surface area contributed by atoms with E-state index in [0.29, 0.717) is 17.5 Å². The van der Waals surface area contributed by atoms with E-state index in [1.165, 1.54) is 4.90 Å². The van der Waals surface area contributed by atoms with E-state index in [4.69, 9.17) is 9.26 Å². The summed E-state index contributed by atoms with van der Waals surface area (Å²) in [7, 11) is 5.07. The third kappa shape index (κ3) is 4.22. The third-order valence-electron chi connectivity index (χ3n) is 4.01. The number of ether oxygens (including phenoxy) is 1. The van der Waals surface area contributed by atoms with Crippen molar-refractivity contribution < 1.29 is 14.1 Å². The van der Waals surface area contributed by atoms with Gasteiger partial charge in [0.1, 0.15) is 18.6 Å². The van der Waals surface area contributed by atoms with E-state index in [1.54, 1.807) is 25.1 Å². The zero-order chi connectivity index (χ0) is 19.4. The molecule has 2 amide bonds. The fourth-order valence-corrected chi connectivity index (χ4v) is 2.50. The van der Waals surface area contributed by atoms with E-state index in [9.17, 15) is 4.79 Å². The number of nitrogens with zero attached hydrogens (tertiary/aromatic N) is 6. The highest BCUT2D eigenvalue weighted by molar-refractivity contribution is 5.74. The van der Waals surface area contributed by atoms with Gasteiger partial charge in [-0.05, 0) is 31.2 Å². The largest absolute Gasteiger partial charge is 0.497 e. The Hall–Kier alpha value is -3.43. The molecule has 27 heavy (non-hydrogen) atoms. The van der Waals surface area contributed by atoms with Crippen LogP contribution in [-0.2, 0) is 13.6 Å². The molecule has 0 saturated heterocycles. The number of nitrogens with one attached hydrogen (secondary N) is 1. The number of hydrogen-bond donors (Lipinski definition) is 1. The molecule has 0 spiro atoms. The maximum absolute atomic E-state index is 12.4. The molecular weight excluding hydrogens is 350 g/mol. The summed E-state index contributed by atoms with van der Waals surface area (Å²) in [5.74, 6) is 2.20. The normalized spacial score (nSPS) is 11.9. The molecule has 2 aromatic heterocycles. The lowest BCUT2D eigenvalue weighted by atomic mass is 10.2. The third-order valence-corrected chi connectivity index (χ3v) is 4.01. The van der Waals surface area contributed by atoms with Crippen LogP contribution in [0.4, 0.5) is 4.79 Å². The van der Waals surface area contributed by atoms with E-state index in [2.05, 4.69) is 25.7 Å². The predicted molar refractivity (Wildman–Crippen MR) is 95.7 cm³/mol. The molecule has 0 bridgehead atoms. The molecule has 142 valence electrons. The second kappa shape index (κ2) is 7.85. The van der Waals surface area contributed by atoms with Crippen molar-refractivity contribution in [2.75, 3.05) is 14.2 Å². The number of carbonyl (C=O) groups is 1. The Morgan fingerprint density at radius 1 is 1.37 bits per heavy atom. The highest BCUT2D eigenvalue weighted by Gasteiger charge is 2.19. The molecule has 1 aromatic carbocycles. The second-order valence-electron chi connectivity index (χ2n) is 6.07. The highest BCUT2D eigenvalue weighted by atomic mass is 16.5. The first-order valence-corrected chi connectivity index (χ1v) is 8.30. The van der Waals surface area contributed by atoms with Gasteiger partial charge in [-0.15, -0.1) is 10.2 Å². The monoisotopic (exact) mass is 371 g/mol. The van der Waals surface area contributed by atoms with Gasteiger partial charge in [-0.2, -0.15) is 4.98 Å². The smallest absolute Gasteiger partial charge is 0.318 e. The van der Waals surface area contributed by atoms with Gasteiger partial charge in [-0.25, -0.2) is 4.79 Å².